The Morgan fingerprint density at radius 3 is 2.90 bits per heavy atom. The quantitative estimate of drug-likeness (QED) is 0.518. The molecule has 20 heavy (non-hydrogen) atoms. The standard InChI is InChI=1S/C12H24NO5PS/c1-3-17-19(15,16)18-11-7-8-13(10-11)12(14)6-5-9-20-4-2/h11H,3-10H2,1-2H3,(H,15,16)/t11-/m1/s1. The zero-order valence-corrected chi connectivity index (χ0v) is 13.8. The lowest BCUT2D eigenvalue weighted by Crippen LogP contribution is -2.29. The molecule has 1 heterocycles. The molecule has 0 radical (unpaired) electrons. The van der Waals surface area contributed by atoms with Gasteiger partial charge in [0.15, 0.2) is 0 Å². The first kappa shape index (κ1) is 18.0. The number of phosphoric acid groups is 1. The van der Waals surface area contributed by atoms with E-state index in [1.54, 1.807) is 11.8 Å². The molecule has 0 aliphatic carbocycles. The van der Waals surface area contributed by atoms with Crippen molar-refractivity contribution in [1.29, 1.82) is 0 Å². The van der Waals surface area contributed by atoms with Crippen molar-refractivity contribution in [2.24, 2.45) is 0 Å². The summed E-state index contributed by atoms with van der Waals surface area (Å²) in [6.45, 7) is 4.80. The molecule has 118 valence electrons. The molecule has 2 atom stereocenters. The van der Waals surface area contributed by atoms with Crippen LogP contribution in [0.5, 0.6) is 0 Å². The van der Waals surface area contributed by atoms with Crippen molar-refractivity contribution in [2.45, 2.75) is 39.2 Å². The number of hydrogen-bond donors (Lipinski definition) is 1. The second kappa shape index (κ2) is 9.05. The summed E-state index contributed by atoms with van der Waals surface area (Å²) in [5.74, 6) is 2.15. The lowest BCUT2D eigenvalue weighted by atomic mass is 10.3. The molecule has 1 fully saturated rings. The largest absolute Gasteiger partial charge is 0.472 e. The summed E-state index contributed by atoms with van der Waals surface area (Å²) in [5.41, 5.74) is 0. The third-order valence-electron chi connectivity index (χ3n) is 2.96. The molecule has 1 amide bonds. The van der Waals surface area contributed by atoms with Crippen LogP contribution in [0.1, 0.15) is 33.1 Å². The predicted octanol–water partition coefficient (Wildman–Crippen LogP) is 2.27. The fourth-order valence-electron chi connectivity index (χ4n) is 2.05. The minimum atomic E-state index is -3.97. The lowest BCUT2D eigenvalue weighted by molar-refractivity contribution is -0.130. The van der Waals surface area contributed by atoms with Gasteiger partial charge in [-0.15, -0.1) is 0 Å². The van der Waals surface area contributed by atoms with Gasteiger partial charge in [0.1, 0.15) is 0 Å². The van der Waals surface area contributed by atoms with E-state index in [1.165, 1.54) is 0 Å². The number of carbonyl (C=O) groups excluding carboxylic acids is 1. The third-order valence-corrected chi connectivity index (χ3v) is 5.09. The topological polar surface area (TPSA) is 76.1 Å². The van der Waals surface area contributed by atoms with Crippen molar-refractivity contribution in [2.75, 3.05) is 31.2 Å². The Hall–Kier alpha value is -0.0700. The van der Waals surface area contributed by atoms with E-state index in [0.29, 0.717) is 25.9 Å². The van der Waals surface area contributed by atoms with Crippen molar-refractivity contribution in [1.82, 2.24) is 4.90 Å². The van der Waals surface area contributed by atoms with E-state index < -0.39 is 13.9 Å². The first-order valence-electron chi connectivity index (χ1n) is 6.99. The highest BCUT2D eigenvalue weighted by atomic mass is 32.2. The van der Waals surface area contributed by atoms with Gasteiger partial charge in [-0.3, -0.25) is 13.8 Å². The first-order valence-corrected chi connectivity index (χ1v) is 9.64. The molecule has 0 spiro atoms. The highest BCUT2D eigenvalue weighted by Crippen LogP contribution is 2.45. The van der Waals surface area contributed by atoms with Gasteiger partial charge in [-0.2, -0.15) is 11.8 Å². The van der Waals surface area contributed by atoms with E-state index in [0.717, 1.165) is 17.9 Å². The Morgan fingerprint density at radius 1 is 1.50 bits per heavy atom. The second-order valence-electron chi connectivity index (χ2n) is 4.54. The SMILES string of the molecule is CCOP(=O)(O)O[C@@H]1CCN(C(=O)CCCSCC)C1. The number of nitrogens with zero attached hydrogens (tertiary/aromatic N) is 1. The van der Waals surface area contributed by atoms with Gasteiger partial charge >= 0.3 is 7.82 Å². The number of amides is 1. The smallest absolute Gasteiger partial charge is 0.340 e. The van der Waals surface area contributed by atoms with Gasteiger partial charge in [-0.05, 0) is 31.3 Å². The van der Waals surface area contributed by atoms with Crippen LogP contribution in [-0.4, -0.2) is 53.0 Å². The summed E-state index contributed by atoms with van der Waals surface area (Å²) in [6.07, 6.45) is 1.57. The van der Waals surface area contributed by atoms with Crippen molar-refractivity contribution in [3.8, 4) is 0 Å². The average molecular weight is 325 g/mol. The number of likely N-dealkylation sites (tertiary alicyclic amines) is 1. The molecule has 8 heteroatoms. The van der Waals surface area contributed by atoms with Crippen LogP contribution in [-0.2, 0) is 18.4 Å². The molecule has 1 rings (SSSR count). The summed E-state index contributed by atoms with van der Waals surface area (Å²) in [6, 6.07) is 0. The van der Waals surface area contributed by atoms with E-state index in [9.17, 15) is 14.3 Å². The zero-order chi connectivity index (χ0) is 15.0. The van der Waals surface area contributed by atoms with E-state index in [1.807, 2.05) is 11.8 Å². The molecule has 0 aromatic carbocycles. The van der Waals surface area contributed by atoms with Crippen LogP contribution in [0.15, 0.2) is 0 Å². The highest BCUT2D eigenvalue weighted by Gasteiger charge is 2.32. The normalized spacial score (nSPS) is 21.9. The number of rotatable bonds is 9. The molecule has 0 aromatic heterocycles. The second-order valence-corrected chi connectivity index (χ2v) is 7.34. The Balaban J connectivity index is 2.28. The molecule has 1 N–H and O–H groups in total. The first-order chi connectivity index (χ1) is 9.48. The molecule has 0 saturated carbocycles. The minimum Gasteiger partial charge on any atom is -0.340 e. The van der Waals surface area contributed by atoms with Crippen LogP contribution in [0.25, 0.3) is 0 Å². The van der Waals surface area contributed by atoms with Crippen LogP contribution in [0.2, 0.25) is 0 Å². The van der Waals surface area contributed by atoms with Crippen molar-refractivity contribution >= 4 is 25.5 Å². The molecule has 0 aromatic rings. The molecule has 1 aliphatic rings. The summed E-state index contributed by atoms with van der Waals surface area (Å²) >= 11 is 1.82. The fourth-order valence-corrected chi connectivity index (χ4v) is 3.62. The number of thioether (sulfide) groups is 1. The average Bonchev–Trinajstić information content (AvgIpc) is 2.82. The molecule has 1 unspecified atom stereocenters. The zero-order valence-electron chi connectivity index (χ0n) is 12.1. The minimum absolute atomic E-state index is 0.0944. The van der Waals surface area contributed by atoms with E-state index in [4.69, 9.17) is 4.52 Å². The maximum atomic E-state index is 11.9. The van der Waals surface area contributed by atoms with Crippen LogP contribution >= 0.6 is 19.6 Å². The molecule has 1 saturated heterocycles. The predicted molar refractivity (Wildman–Crippen MR) is 79.8 cm³/mol. The van der Waals surface area contributed by atoms with Gasteiger partial charge in [0.2, 0.25) is 5.91 Å². The number of hydrogen-bond acceptors (Lipinski definition) is 5. The molecular formula is C12H24NO5PS. The van der Waals surface area contributed by atoms with Crippen LogP contribution in [0.3, 0.4) is 0 Å². The molecule has 6 nitrogen and oxygen atoms in total. The van der Waals surface area contributed by atoms with Gasteiger partial charge in [0, 0.05) is 19.5 Å². The monoisotopic (exact) mass is 325 g/mol. The van der Waals surface area contributed by atoms with Gasteiger partial charge in [-0.1, -0.05) is 6.92 Å². The Morgan fingerprint density at radius 2 is 2.25 bits per heavy atom. The molecule has 1 aliphatic heterocycles. The third kappa shape index (κ3) is 6.59. The fraction of sp³-hybridized carbons (Fsp3) is 0.917. The van der Waals surface area contributed by atoms with E-state index in [2.05, 4.69) is 11.4 Å². The number of phosphoric ester groups is 1. The maximum absolute atomic E-state index is 11.9. The van der Waals surface area contributed by atoms with E-state index >= 15 is 0 Å². The maximum Gasteiger partial charge on any atom is 0.472 e. The van der Waals surface area contributed by atoms with Crippen LogP contribution < -0.4 is 0 Å². The lowest BCUT2D eigenvalue weighted by Gasteiger charge is -2.18. The molecule has 0 bridgehead atoms. The summed E-state index contributed by atoms with van der Waals surface area (Å²) in [4.78, 5) is 23.1. The molecular weight excluding hydrogens is 301 g/mol. The van der Waals surface area contributed by atoms with Crippen molar-refractivity contribution < 1.29 is 23.3 Å². The van der Waals surface area contributed by atoms with Crippen LogP contribution in [0, 0.1) is 0 Å². The van der Waals surface area contributed by atoms with Gasteiger partial charge < -0.3 is 9.79 Å². The summed E-state index contributed by atoms with van der Waals surface area (Å²) in [7, 11) is -3.97. The Bertz CT molecular complexity index is 355. The van der Waals surface area contributed by atoms with Crippen molar-refractivity contribution in [3.05, 3.63) is 0 Å². The Labute approximate surface area is 124 Å². The van der Waals surface area contributed by atoms with Crippen LogP contribution in [0.4, 0.5) is 0 Å². The van der Waals surface area contributed by atoms with Gasteiger partial charge in [-0.25, -0.2) is 4.57 Å². The number of carbonyl (C=O) groups is 1. The summed E-state index contributed by atoms with van der Waals surface area (Å²) < 4.78 is 21.2. The highest BCUT2D eigenvalue weighted by molar-refractivity contribution is 7.99. The van der Waals surface area contributed by atoms with E-state index in [-0.39, 0.29) is 12.5 Å². The van der Waals surface area contributed by atoms with Gasteiger partial charge in [0.25, 0.3) is 0 Å². The van der Waals surface area contributed by atoms with Crippen molar-refractivity contribution in [3.63, 3.8) is 0 Å². The summed E-state index contributed by atoms with van der Waals surface area (Å²) in [5, 5.41) is 0. The Kier molecular flexibility index (Phi) is 8.14. The van der Waals surface area contributed by atoms with Gasteiger partial charge in [0.05, 0.1) is 12.7 Å².